The third-order valence-corrected chi connectivity index (χ3v) is 3.11. The Kier molecular flexibility index (Phi) is 13.8. The van der Waals surface area contributed by atoms with Gasteiger partial charge < -0.3 is 8.85 Å². The first kappa shape index (κ1) is 14.2. The Morgan fingerprint density at radius 1 is 1.09 bits per heavy atom. The second-order valence-corrected chi connectivity index (χ2v) is 4.30. The summed E-state index contributed by atoms with van der Waals surface area (Å²) in [5.74, 6) is 0. The summed E-state index contributed by atoms with van der Waals surface area (Å²) in [4.78, 5) is 0. The summed E-state index contributed by atoms with van der Waals surface area (Å²) in [7, 11) is 2.56. The SMILES string of the molecule is CCCCC[Si](OC)OC.[Al+3]. The first-order chi connectivity index (χ1) is 4.85. The van der Waals surface area contributed by atoms with Gasteiger partial charge in [0.2, 0.25) is 0 Å². The van der Waals surface area contributed by atoms with E-state index in [-0.39, 0.29) is 17.4 Å². The molecule has 0 aliphatic carbocycles. The molecule has 0 saturated heterocycles. The maximum absolute atomic E-state index is 5.13. The number of hydrogen-bond acceptors (Lipinski definition) is 2. The van der Waals surface area contributed by atoms with Crippen LogP contribution in [0.2, 0.25) is 6.04 Å². The zero-order valence-electron chi connectivity index (χ0n) is 7.72. The van der Waals surface area contributed by atoms with E-state index in [4.69, 9.17) is 8.85 Å². The second kappa shape index (κ2) is 10.7. The fourth-order valence-corrected chi connectivity index (χ4v) is 1.92. The topological polar surface area (TPSA) is 18.5 Å². The zero-order valence-corrected chi connectivity index (χ0v) is 9.88. The van der Waals surface area contributed by atoms with Gasteiger partial charge >= 0.3 is 26.6 Å². The average molecular weight is 188 g/mol. The van der Waals surface area contributed by atoms with Gasteiger partial charge in [0.05, 0.1) is 0 Å². The summed E-state index contributed by atoms with van der Waals surface area (Å²) in [6.45, 7) is 2.20. The Bertz CT molecular complexity index is 69.5. The monoisotopic (exact) mass is 188 g/mol. The number of unbranched alkanes of at least 4 members (excludes halogenated alkanes) is 2. The third kappa shape index (κ3) is 8.58. The van der Waals surface area contributed by atoms with Crippen LogP contribution in [-0.4, -0.2) is 40.9 Å². The smallest absolute Gasteiger partial charge is 0.397 e. The fraction of sp³-hybridized carbons (Fsp3) is 1.00. The van der Waals surface area contributed by atoms with Crippen LogP contribution >= 0.6 is 0 Å². The molecule has 0 aliphatic heterocycles. The Labute approximate surface area is 82.3 Å². The molecule has 0 bridgehead atoms. The van der Waals surface area contributed by atoms with E-state index in [1.165, 1.54) is 19.3 Å². The molecule has 0 aromatic heterocycles. The summed E-state index contributed by atoms with van der Waals surface area (Å²) in [6, 6.07) is 1.12. The van der Waals surface area contributed by atoms with Crippen LogP contribution in [0.25, 0.3) is 0 Å². The quantitative estimate of drug-likeness (QED) is 0.465. The normalized spacial score (nSPS) is 9.82. The van der Waals surface area contributed by atoms with E-state index >= 15 is 0 Å². The molecule has 0 amide bonds. The molecule has 0 rings (SSSR count). The molecule has 0 fully saturated rings. The summed E-state index contributed by atoms with van der Waals surface area (Å²) >= 11 is 0. The molecule has 0 aromatic carbocycles. The molecule has 1 radical (unpaired) electrons. The molecule has 4 heteroatoms. The molecule has 0 atom stereocenters. The van der Waals surface area contributed by atoms with Gasteiger partial charge in [0, 0.05) is 14.2 Å². The molecule has 0 unspecified atom stereocenters. The van der Waals surface area contributed by atoms with E-state index in [1.54, 1.807) is 14.2 Å². The number of rotatable bonds is 6. The molecule has 11 heavy (non-hydrogen) atoms. The number of hydrogen-bond donors (Lipinski definition) is 0. The first-order valence-electron chi connectivity index (χ1n) is 3.79. The summed E-state index contributed by atoms with van der Waals surface area (Å²) in [5.41, 5.74) is 0. The van der Waals surface area contributed by atoms with Crippen molar-refractivity contribution in [2.75, 3.05) is 14.2 Å². The van der Waals surface area contributed by atoms with Crippen molar-refractivity contribution in [3.63, 3.8) is 0 Å². The van der Waals surface area contributed by atoms with Gasteiger partial charge in [-0.3, -0.25) is 0 Å². The van der Waals surface area contributed by atoms with Crippen LogP contribution < -0.4 is 0 Å². The largest absolute Gasteiger partial charge is 3.00 e. The van der Waals surface area contributed by atoms with Crippen molar-refractivity contribution in [2.45, 2.75) is 32.2 Å². The van der Waals surface area contributed by atoms with Gasteiger partial charge in [0.25, 0.3) is 0 Å². The van der Waals surface area contributed by atoms with Crippen molar-refractivity contribution in [1.29, 1.82) is 0 Å². The van der Waals surface area contributed by atoms with Gasteiger partial charge in [-0.05, 0) is 6.04 Å². The van der Waals surface area contributed by atoms with E-state index in [9.17, 15) is 0 Å². The van der Waals surface area contributed by atoms with Gasteiger partial charge in [-0.15, -0.1) is 0 Å². The minimum Gasteiger partial charge on any atom is -0.397 e. The summed E-state index contributed by atoms with van der Waals surface area (Å²) in [5, 5.41) is 0. The van der Waals surface area contributed by atoms with Crippen molar-refractivity contribution < 1.29 is 8.85 Å². The maximum atomic E-state index is 5.13. The molecule has 2 nitrogen and oxygen atoms in total. The molecule has 0 aliphatic rings. The molecule has 0 N–H and O–H groups in total. The van der Waals surface area contributed by atoms with Gasteiger partial charge in [0.15, 0.2) is 0 Å². The van der Waals surface area contributed by atoms with E-state index in [2.05, 4.69) is 6.92 Å². The van der Waals surface area contributed by atoms with E-state index < -0.39 is 9.28 Å². The fourth-order valence-electron chi connectivity index (χ4n) is 0.807. The minimum atomic E-state index is -0.896. The van der Waals surface area contributed by atoms with E-state index in [0.29, 0.717) is 0 Å². The van der Waals surface area contributed by atoms with E-state index in [1.807, 2.05) is 0 Å². The molecule has 61 valence electrons. The van der Waals surface area contributed by atoms with Crippen LogP contribution in [0.3, 0.4) is 0 Å². The van der Waals surface area contributed by atoms with Gasteiger partial charge in [-0.1, -0.05) is 26.2 Å². The van der Waals surface area contributed by atoms with Crippen LogP contribution in [-0.2, 0) is 8.85 Å². The maximum Gasteiger partial charge on any atom is 3.00 e. The van der Waals surface area contributed by atoms with Crippen LogP contribution in [0.5, 0.6) is 0 Å². The van der Waals surface area contributed by atoms with Crippen molar-refractivity contribution >= 4 is 26.6 Å². The standard InChI is InChI=1S/C7H17O2Si.Al/c1-4-5-6-7-10(8-2)9-3;/h4-7H2,1-3H3;/q;+3. The van der Waals surface area contributed by atoms with Gasteiger partial charge in [0.1, 0.15) is 0 Å². The Morgan fingerprint density at radius 3 is 2.00 bits per heavy atom. The second-order valence-electron chi connectivity index (χ2n) is 2.24. The van der Waals surface area contributed by atoms with Crippen LogP contribution in [0.4, 0.5) is 0 Å². The predicted molar refractivity (Wildman–Crippen MR) is 49.9 cm³/mol. The van der Waals surface area contributed by atoms with Crippen molar-refractivity contribution in [3.05, 3.63) is 0 Å². The summed E-state index contributed by atoms with van der Waals surface area (Å²) < 4.78 is 10.3. The Morgan fingerprint density at radius 2 is 1.64 bits per heavy atom. The van der Waals surface area contributed by atoms with Gasteiger partial charge in [-0.25, -0.2) is 0 Å². The molecule has 0 spiro atoms. The van der Waals surface area contributed by atoms with Crippen LogP contribution in [0.1, 0.15) is 26.2 Å². The molecular weight excluding hydrogens is 171 g/mol. The van der Waals surface area contributed by atoms with Crippen molar-refractivity contribution in [2.24, 2.45) is 0 Å². The minimum absolute atomic E-state index is 0. The van der Waals surface area contributed by atoms with Crippen LogP contribution in [0.15, 0.2) is 0 Å². The Balaban J connectivity index is 0. The van der Waals surface area contributed by atoms with Gasteiger partial charge in [-0.2, -0.15) is 0 Å². The molecule has 0 heterocycles. The summed E-state index contributed by atoms with van der Waals surface area (Å²) in [6.07, 6.45) is 3.80. The van der Waals surface area contributed by atoms with Crippen molar-refractivity contribution in [1.82, 2.24) is 0 Å². The van der Waals surface area contributed by atoms with E-state index in [0.717, 1.165) is 6.04 Å². The molecule has 0 saturated carbocycles. The predicted octanol–water partition coefficient (Wildman–Crippen LogP) is 1.58. The first-order valence-corrected chi connectivity index (χ1v) is 5.31. The van der Waals surface area contributed by atoms with Crippen LogP contribution in [0, 0.1) is 0 Å². The zero-order chi connectivity index (χ0) is 7.82. The Hall–Kier alpha value is 0.669. The third-order valence-electron chi connectivity index (χ3n) is 1.44. The molecular formula is C7H17AlO2Si+3. The molecule has 0 aromatic rings. The van der Waals surface area contributed by atoms with Crippen molar-refractivity contribution in [3.8, 4) is 0 Å². The average Bonchev–Trinajstić information content (AvgIpc) is 1.99.